The Bertz CT molecular complexity index is 165. The van der Waals surface area contributed by atoms with Gasteiger partial charge in [0.2, 0.25) is 0 Å². The van der Waals surface area contributed by atoms with Crippen molar-refractivity contribution in [2.75, 3.05) is 23.0 Å². The van der Waals surface area contributed by atoms with Crippen LogP contribution >= 0.6 is 23.5 Å². The van der Waals surface area contributed by atoms with E-state index in [0.717, 1.165) is 23.0 Å². The Morgan fingerprint density at radius 1 is 1.00 bits per heavy atom. The first kappa shape index (κ1) is 9.22. The Kier molecular flexibility index (Phi) is 2.17. The Morgan fingerprint density at radius 2 is 1.33 bits per heavy atom. The number of hydrogen-bond acceptors (Lipinski definition) is 3. The fourth-order valence-electron chi connectivity index (χ4n) is 2.28. The second-order valence-electron chi connectivity index (χ2n) is 4.70. The Labute approximate surface area is 82.7 Å². The van der Waals surface area contributed by atoms with E-state index in [1.54, 1.807) is 0 Å². The lowest BCUT2D eigenvalue weighted by Crippen LogP contribution is -2.56. The van der Waals surface area contributed by atoms with Crippen molar-refractivity contribution < 1.29 is 5.11 Å². The van der Waals surface area contributed by atoms with Gasteiger partial charge in [-0.15, -0.1) is 0 Å². The van der Waals surface area contributed by atoms with Crippen molar-refractivity contribution in [3.63, 3.8) is 0 Å². The molecule has 0 radical (unpaired) electrons. The molecule has 0 aromatic rings. The van der Waals surface area contributed by atoms with Gasteiger partial charge in [0, 0.05) is 33.8 Å². The van der Waals surface area contributed by atoms with Crippen LogP contribution in [0.2, 0.25) is 0 Å². The number of hydrogen-bond donors (Lipinski definition) is 1. The summed E-state index contributed by atoms with van der Waals surface area (Å²) in [7, 11) is 0. The van der Waals surface area contributed by atoms with E-state index in [2.05, 4.69) is 13.8 Å². The molecule has 2 bridgehead atoms. The summed E-state index contributed by atoms with van der Waals surface area (Å²) in [6, 6.07) is 0. The van der Waals surface area contributed by atoms with Crippen LogP contribution in [0, 0.1) is 10.8 Å². The summed E-state index contributed by atoms with van der Waals surface area (Å²) in [6.45, 7) is 4.46. The molecule has 0 aromatic carbocycles. The molecule has 0 saturated carbocycles. The second kappa shape index (κ2) is 2.82. The SMILES string of the molecule is CC12CSCC(C)(CSC1)C2O. The van der Waals surface area contributed by atoms with Gasteiger partial charge >= 0.3 is 0 Å². The number of aliphatic hydroxyl groups is 1. The van der Waals surface area contributed by atoms with Gasteiger partial charge in [-0.25, -0.2) is 0 Å². The quantitative estimate of drug-likeness (QED) is 0.650. The van der Waals surface area contributed by atoms with Crippen molar-refractivity contribution in [2.45, 2.75) is 20.0 Å². The molecule has 0 aliphatic carbocycles. The first-order valence-corrected chi connectivity index (χ1v) is 6.71. The summed E-state index contributed by atoms with van der Waals surface area (Å²) in [6.07, 6.45) is -0.0764. The molecule has 1 nitrogen and oxygen atoms in total. The van der Waals surface area contributed by atoms with Crippen LogP contribution in [0.25, 0.3) is 0 Å². The second-order valence-corrected chi connectivity index (χ2v) is 6.67. The van der Waals surface area contributed by atoms with E-state index in [0.29, 0.717) is 0 Å². The van der Waals surface area contributed by atoms with Gasteiger partial charge in [-0.3, -0.25) is 0 Å². The van der Waals surface area contributed by atoms with Crippen molar-refractivity contribution >= 4 is 23.5 Å². The number of rotatable bonds is 0. The summed E-state index contributed by atoms with van der Waals surface area (Å²) >= 11 is 4.03. The molecule has 0 aromatic heterocycles. The van der Waals surface area contributed by atoms with Crippen molar-refractivity contribution in [1.29, 1.82) is 0 Å². The zero-order chi connectivity index (χ0) is 8.82. The molecular weight excluding hydrogens is 188 g/mol. The van der Waals surface area contributed by atoms with Crippen molar-refractivity contribution in [1.82, 2.24) is 0 Å². The van der Waals surface area contributed by atoms with Gasteiger partial charge in [0.25, 0.3) is 0 Å². The number of fused-ring (bicyclic) bond motifs is 2. The zero-order valence-corrected chi connectivity index (χ0v) is 9.30. The first-order chi connectivity index (χ1) is 5.57. The average molecular weight is 204 g/mol. The minimum Gasteiger partial charge on any atom is -0.392 e. The fraction of sp³-hybridized carbons (Fsp3) is 1.00. The van der Waals surface area contributed by atoms with Gasteiger partial charge < -0.3 is 5.11 Å². The van der Waals surface area contributed by atoms with E-state index < -0.39 is 0 Å². The summed E-state index contributed by atoms with van der Waals surface area (Å²) in [5.74, 6) is 4.54. The smallest absolute Gasteiger partial charge is 0.0678 e. The number of aliphatic hydroxyl groups excluding tert-OH is 1. The summed E-state index contributed by atoms with van der Waals surface area (Å²) in [5, 5.41) is 10.2. The van der Waals surface area contributed by atoms with Crippen LogP contribution in [0.4, 0.5) is 0 Å². The Hall–Kier alpha value is 0.660. The van der Waals surface area contributed by atoms with Crippen molar-refractivity contribution in [3.05, 3.63) is 0 Å². The maximum atomic E-state index is 10.2. The van der Waals surface area contributed by atoms with Crippen LogP contribution in [-0.4, -0.2) is 34.2 Å². The first-order valence-electron chi connectivity index (χ1n) is 4.40. The lowest BCUT2D eigenvalue weighted by Gasteiger charge is -2.52. The molecule has 0 atom stereocenters. The van der Waals surface area contributed by atoms with Gasteiger partial charge in [0.05, 0.1) is 6.10 Å². The molecule has 0 amide bonds. The highest BCUT2D eigenvalue weighted by atomic mass is 32.2. The summed E-state index contributed by atoms with van der Waals surface area (Å²) in [5.41, 5.74) is 0.362. The van der Waals surface area contributed by atoms with Crippen LogP contribution < -0.4 is 0 Å². The predicted octanol–water partition coefficient (Wildman–Crippen LogP) is 1.85. The molecule has 2 heterocycles. The monoisotopic (exact) mass is 204 g/mol. The van der Waals surface area contributed by atoms with Crippen molar-refractivity contribution in [2.24, 2.45) is 10.8 Å². The Morgan fingerprint density at radius 3 is 1.58 bits per heavy atom. The van der Waals surface area contributed by atoms with Crippen molar-refractivity contribution in [3.8, 4) is 0 Å². The van der Waals surface area contributed by atoms with Crippen LogP contribution in [0.5, 0.6) is 0 Å². The highest BCUT2D eigenvalue weighted by Crippen LogP contribution is 2.51. The van der Waals surface area contributed by atoms with E-state index in [1.807, 2.05) is 23.5 Å². The molecule has 3 heteroatoms. The van der Waals surface area contributed by atoms with Crippen LogP contribution in [-0.2, 0) is 0 Å². The molecule has 1 N–H and O–H groups in total. The van der Waals surface area contributed by atoms with Crippen LogP contribution in [0.1, 0.15) is 13.8 Å². The third kappa shape index (κ3) is 1.21. The van der Waals surface area contributed by atoms with Crippen LogP contribution in [0.3, 0.4) is 0 Å². The molecule has 2 aliphatic heterocycles. The highest BCUT2D eigenvalue weighted by molar-refractivity contribution is 8.01. The van der Waals surface area contributed by atoms with E-state index >= 15 is 0 Å². The van der Waals surface area contributed by atoms with E-state index in [9.17, 15) is 5.11 Å². The topological polar surface area (TPSA) is 20.2 Å². The predicted molar refractivity (Wildman–Crippen MR) is 56.9 cm³/mol. The molecule has 2 saturated heterocycles. The molecule has 70 valence electrons. The highest BCUT2D eigenvalue weighted by Gasteiger charge is 2.51. The fourth-order valence-corrected chi connectivity index (χ4v) is 5.64. The molecular formula is C9H16OS2. The normalized spacial score (nSPS) is 53.8. The van der Waals surface area contributed by atoms with Gasteiger partial charge in [0.1, 0.15) is 0 Å². The molecule has 0 unspecified atom stereocenters. The standard InChI is InChI=1S/C9H16OS2/c1-8-3-11-5-9(2,7(8)10)6-12-4-8/h7,10H,3-6H2,1-2H3. The third-order valence-electron chi connectivity index (χ3n) is 3.05. The third-order valence-corrected chi connectivity index (χ3v) is 6.50. The minimum atomic E-state index is -0.0764. The van der Waals surface area contributed by atoms with Gasteiger partial charge in [-0.05, 0) is 0 Å². The van der Waals surface area contributed by atoms with E-state index in [1.165, 1.54) is 0 Å². The molecule has 2 rings (SSSR count). The summed E-state index contributed by atoms with van der Waals surface area (Å²) < 4.78 is 0. The molecule has 2 fully saturated rings. The van der Waals surface area contributed by atoms with Gasteiger partial charge in [0.15, 0.2) is 0 Å². The Balaban J connectivity index is 2.27. The maximum absolute atomic E-state index is 10.2. The maximum Gasteiger partial charge on any atom is 0.0678 e. The van der Waals surface area contributed by atoms with Gasteiger partial charge in [-0.1, -0.05) is 13.8 Å². The van der Waals surface area contributed by atoms with Crippen LogP contribution in [0.15, 0.2) is 0 Å². The van der Waals surface area contributed by atoms with Gasteiger partial charge in [-0.2, -0.15) is 23.5 Å². The molecule has 2 aliphatic rings. The van der Waals surface area contributed by atoms with E-state index in [4.69, 9.17) is 0 Å². The lowest BCUT2D eigenvalue weighted by atomic mass is 9.73. The largest absolute Gasteiger partial charge is 0.392 e. The number of thioether (sulfide) groups is 2. The lowest BCUT2D eigenvalue weighted by molar-refractivity contribution is -0.0240. The summed E-state index contributed by atoms with van der Waals surface area (Å²) in [4.78, 5) is 0. The average Bonchev–Trinajstić information content (AvgIpc) is 1.97. The minimum absolute atomic E-state index is 0.0764. The molecule has 12 heavy (non-hydrogen) atoms. The zero-order valence-electron chi connectivity index (χ0n) is 7.67. The molecule has 0 spiro atoms. The van der Waals surface area contributed by atoms with E-state index in [-0.39, 0.29) is 16.9 Å².